The van der Waals surface area contributed by atoms with E-state index in [1.807, 2.05) is 0 Å². The highest BCUT2D eigenvalue weighted by atomic mass is 19.4. The number of benzene rings is 2. The summed E-state index contributed by atoms with van der Waals surface area (Å²) in [7, 11) is 0. The summed E-state index contributed by atoms with van der Waals surface area (Å²) >= 11 is 0. The summed E-state index contributed by atoms with van der Waals surface area (Å²) in [6.45, 7) is 1.16. The number of halogens is 9. The fourth-order valence-corrected chi connectivity index (χ4v) is 3.73. The molecule has 0 unspecified atom stereocenters. The van der Waals surface area contributed by atoms with Gasteiger partial charge in [-0.3, -0.25) is 0 Å². The molecule has 0 aliphatic carbocycles. The molecule has 14 heteroatoms. The monoisotopic (exact) mass is 518 g/mol. The molecule has 0 N–H and O–H groups in total. The quantitative estimate of drug-likeness (QED) is 0.275. The van der Waals surface area contributed by atoms with Gasteiger partial charge in [0.25, 0.3) is 5.89 Å². The average molecular weight is 518 g/mol. The van der Waals surface area contributed by atoms with Gasteiger partial charge in [-0.05, 0) is 43.3 Å². The van der Waals surface area contributed by atoms with Crippen molar-refractivity contribution in [3.05, 3.63) is 70.2 Å². The number of hydrogen-bond donors (Lipinski definition) is 0. The van der Waals surface area contributed by atoms with Crippen molar-refractivity contribution in [2.45, 2.75) is 32.0 Å². The average Bonchev–Trinajstić information content (AvgIpc) is 3.35. The maximum absolute atomic E-state index is 13.6. The highest BCUT2D eigenvalue weighted by molar-refractivity contribution is 5.87. The maximum atomic E-state index is 13.6. The van der Waals surface area contributed by atoms with Gasteiger partial charge in [0.05, 0.1) is 34.9 Å². The topological polar surface area (TPSA) is 67.6 Å². The van der Waals surface area contributed by atoms with Crippen LogP contribution in [0.15, 0.2) is 40.9 Å². The fourth-order valence-electron chi connectivity index (χ4n) is 3.73. The number of rotatable bonds is 3. The Balaban J connectivity index is 1.77. The minimum atomic E-state index is -5.08. The van der Waals surface area contributed by atoms with E-state index in [0.29, 0.717) is 17.8 Å². The summed E-state index contributed by atoms with van der Waals surface area (Å²) in [6, 6.07) is 5.74. The lowest BCUT2D eigenvalue weighted by Crippen LogP contribution is -2.11. The summed E-state index contributed by atoms with van der Waals surface area (Å²) in [6.07, 6.45) is -15.0. The summed E-state index contributed by atoms with van der Waals surface area (Å²) in [5, 5.41) is 12.4. The number of nitrogens with zero attached hydrogens (tertiary/aromatic N) is 4. The van der Waals surface area contributed by atoms with Gasteiger partial charge in [0, 0.05) is 22.2 Å². The van der Waals surface area contributed by atoms with Crippen LogP contribution in [-0.2, 0) is 25.1 Å². The molecule has 2 aromatic heterocycles. The summed E-state index contributed by atoms with van der Waals surface area (Å²) < 4.78 is 126. The van der Waals surface area contributed by atoms with Crippen LogP contribution in [0.1, 0.15) is 33.8 Å². The third kappa shape index (κ3) is 4.60. The molecule has 0 atom stereocenters. The molecule has 36 heavy (non-hydrogen) atoms. The Morgan fingerprint density at radius 1 is 0.889 bits per heavy atom. The van der Waals surface area contributed by atoms with E-state index in [0.717, 1.165) is 6.07 Å². The van der Waals surface area contributed by atoms with Gasteiger partial charge in [-0.25, -0.2) is 0 Å². The Labute approximate surface area is 195 Å². The highest BCUT2D eigenvalue weighted by Crippen LogP contribution is 2.40. The summed E-state index contributed by atoms with van der Waals surface area (Å²) in [5.41, 5.74) is -5.15. The lowest BCUT2D eigenvalue weighted by molar-refractivity contribution is -0.143. The molecule has 2 aromatic carbocycles. The van der Waals surface area contributed by atoms with Gasteiger partial charge in [0.2, 0.25) is 0 Å². The van der Waals surface area contributed by atoms with Crippen molar-refractivity contribution in [1.82, 2.24) is 14.7 Å². The van der Waals surface area contributed by atoms with Crippen LogP contribution in [0.4, 0.5) is 39.5 Å². The Kier molecular flexibility index (Phi) is 5.77. The molecule has 0 bridgehead atoms. The Morgan fingerprint density at radius 3 is 2.03 bits per heavy atom. The Bertz CT molecular complexity index is 1470. The SMILES string of the molecule is Cc1cc2c(C(F)(F)F)c(C#N)ccc2n1Cc1noc(-c2cc(C(F)(F)F)cc(C(F)(F)F)c2)n1. The van der Waals surface area contributed by atoms with Crippen molar-refractivity contribution in [1.29, 1.82) is 5.26 Å². The van der Waals surface area contributed by atoms with Gasteiger partial charge in [0.15, 0.2) is 5.82 Å². The second-order valence-corrected chi connectivity index (χ2v) is 7.71. The Morgan fingerprint density at radius 2 is 1.50 bits per heavy atom. The zero-order valence-electron chi connectivity index (χ0n) is 17.8. The van der Waals surface area contributed by atoms with Crippen molar-refractivity contribution in [3.8, 4) is 17.5 Å². The molecular formula is C22H11F9N4O. The standard InChI is InChI=1S/C22H11F9N4O/c1-10-4-15-16(3-2-11(8-32)18(15)22(29,30)31)35(10)9-17-33-19(36-34-17)12-5-13(20(23,24)25)7-14(6-12)21(26,27)28/h2-7H,9H2,1H3. The van der Waals surface area contributed by atoms with Gasteiger partial charge in [-0.2, -0.15) is 49.8 Å². The molecule has 0 saturated carbocycles. The third-order valence-corrected chi connectivity index (χ3v) is 5.30. The molecule has 5 nitrogen and oxygen atoms in total. The largest absolute Gasteiger partial charge is 0.418 e. The predicted octanol–water partition coefficient (Wildman–Crippen LogP) is 6.98. The number of hydrogen-bond acceptors (Lipinski definition) is 4. The number of aromatic nitrogens is 3. The molecule has 188 valence electrons. The second kappa shape index (κ2) is 8.28. The molecule has 0 aliphatic rings. The van der Waals surface area contributed by atoms with Crippen molar-refractivity contribution in [3.63, 3.8) is 0 Å². The normalized spacial score (nSPS) is 12.8. The Hall–Kier alpha value is -4.02. The van der Waals surface area contributed by atoms with E-state index in [4.69, 9.17) is 9.78 Å². The first-order valence-corrected chi connectivity index (χ1v) is 9.82. The number of alkyl halides is 9. The molecule has 0 saturated heterocycles. The zero-order chi connectivity index (χ0) is 26.6. The van der Waals surface area contributed by atoms with E-state index in [2.05, 4.69) is 10.1 Å². The van der Waals surface area contributed by atoms with Crippen molar-refractivity contribution in [2.24, 2.45) is 0 Å². The van der Waals surface area contributed by atoms with Gasteiger partial charge in [-0.1, -0.05) is 5.16 Å². The molecule has 2 heterocycles. The third-order valence-electron chi connectivity index (χ3n) is 5.30. The smallest absolute Gasteiger partial charge is 0.337 e. The van der Waals surface area contributed by atoms with Crippen LogP contribution in [0.2, 0.25) is 0 Å². The van der Waals surface area contributed by atoms with Crippen LogP contribution in [0.3, 0.4) is 0 Å². The van der Waals surface area contributed by atoms with Crippen molar-refractivity contribution >= 4 is 10.9 Å². The minimum Gasteiger partial charge on any atom is -0.337 e. The maximum Gasteiger partial charge on any atom is 0.418 e. The fraction of sp³-hybridized carbons (Fsp3) is 0.227. The zero-order valence-corrected chi connectivity index (χ0v) is 17.8. The van der Waals surface area contributed by atoms with Gasteiger partial charge < -0.3 is 9.09 Å². The first-order valence-electron chi connectivity index (χ1n) is 9.82. The van der Waals surface area contributed by atoms with E-state index in [-0.39, 0.29) is 29.3 Å². The summed E-state index contributed by atoms with van der Waals surface area (Å²) in [4.78, 5) is 3.85. The van der Waals surface area contributed by atoms with Crippen LogP contribution in [0.25, 0.3) is 22.4 Å². The van der Waals surface area contributed by atoms with Crippen LogP contribution in [0, 0.1) is 18.3 Å². The van der Waals surface area contributed by atoms with Gasteiger partial charge >= 0.3 is 18.5 Å². The summed E-state index contributed by atoms with van der Waals surface area (Å²) in [5.74, 6) is -0.854. The van der Waals surface area contributed by atoms with Crippen LogP contribution < -0.4 is 0 Å². The molecule has 0 aliphatic heterocycles. The number of aryl methyl sites for hydroxylation is 1. The minimum absolute atomic E-state index is 0.0518. The van der Waals surface area contributed by atoms with Gasteiger partial charge in [-0.15, -0.1) is 0 Å². The van der Waals surface area contributed by atoms with E-state index in [1.54, 1.807) is 0 Å². The second-order valence-electron chi connectivity index (χ2n) is 7.71. The first-order chi connectivity index (χ1) is 16.6. The molecule has 0 fully saturated rings. The highest BCUT2D eigenvalue weighted by Gasteiger charge is 2.38. The number of fused-ring (bicyclic) bond motifs is 1. The van der Waals surface area contributed by atoms with E-state index >= 15 is 0 Å². The molecule has 0 spiro atoms. The first kappa shape index (κ1) is 25.1. The van der Waals surface area contributed by atoms with Gasteiger partial charge in [0.1, 0.15) is 0 Å². The van der Waals surface area contributed by atoms with E-state index < -0.39 is 52.2 Å². The van der Waals surface area contributed by atoms with Crippen molar-refractivity contribution < 1.29 is 44.0 Å². The number of nitriles is 1. The van der Waals surface area contributed by atoms with Crippen molar-refractivity contribution in [2.75, 3.05) is 0 Å². The van der Waals surface area contributed by atoms with Crippen LogP contribution in [0.5, 0.6) is 0 Å². The predicted molar refractivity (Wildman–Crippen MR) is 105 cm³/mol. The lowest BCUT2D eigenvalue weighted by atomic mass is 10.0. The molecule has 4 rings (SSSR count). The lowest BCUT2D eigenvalue weighted by Gasteiger charge is -2.12. The van der Waals surface area contributed by atoms with E-state index in [9.17, 15) is 39.5 Å². The molecular weight excluding hydrogens is 507 g/mol. The van der Waals surface area contributed by atoms with E-state index in [1.165, 1.54) is 29.7 Å². The van der Waals surface area contributed by atoms with Crippen LogP contribution in [-0.4, -0.2) is 14.7 Å². The molecule has 0 radical (unpaired) electrons. The molecule has 4 aromatic rings. The van der Waals surface area contributed by atoms with Crippen LogP contribution >= 0.6 is 0 Å². The molecule has 0 amide bonds.